The van der Waals surface area contributed by atoms with E-state index in [2.05, 4.69) is 5.32 Å². The highest BCUT2D eigenvalue weighted by Crippen LogP contribution is 2.22. The summed E-state index contributed by atoms with van der Waals surface area (Å²) in [5, 5.41) is 2.81. The van der Waals surface area contributed by atoms with E-state index in [0.717, 1.165) is 6.07 Å². The van der Waals surface area contributed by atoms with Crippen LogP contribution in [0, 0.1) is 5.82 Å². The lowest BCUT2D eigenvalue weighted by atomic mass is 10.1. The lowest BCUT2D eigenvalue weighted by molar-refractivity contribution is 0.100. The van der Waals surface area contributed by atoms with Gasteiger partial charge in [0.05, 0.1) is 24.1 Å². The average molecular weight is 249 g/mol. The first kappa shape index (κ1) is 12.0. The molecule has 0 bridgehead atoms. The number of furan rings is 1. The number of benzene rings is 1. The molecule has 1 amide bonds. The quantitative estimate of drug-likeness (QED) is 0.719. The Labute approximate surface area is 103 Å². The first-order chi connectivity index (χ1) is 8.58. The van der Waals surface area contributed by atoms with Gasteiger partial charge in [0.15, 0.2) is 0 Å². The van der Waals surface area contributed by atoms with Crippen LogP contribution in [0.15, 0.2) is 34.9 Å². The van der Waals surface area contributed by atoms with E-state index in [0.29, 0.717) is 12.3 Å². The van der Waals surface area contributed by atoms with Crippen molar-refractivity contribution >= 4 is 17.3 Å². The topological polar surface area (TPSA) is 94.3 Å². The fourth-order valence-corrected chi connectivity index (χ4v) is 1.53. The molecule has 0 unspecified atom stereocenters. The maximum atomic E-state index is 13.6. The van der Waals surface area contributed by atoms with Crippen molar-refractivity contribution in [3.05, 3.63) is 47.7 Å². The van der Waals surface area contributed by atoms with Crippen molar-refractivity contribution in [2.24, 2.45) is 5.73 Å². The third kappa shape index (κ3) is 2.42. The molecule has 0 saturated carbocycles. The van der Waals surface area contributed by atoms with Gasteiger partial charge in [-0.05, 0) is 24.3 Å². The summed E-state index contributed by atoms with van der Waals surface area (Å²) in [7, 11) is 0. The zero-order valence-electron chi connectivity index (χ0n) is 9.44. The van der Waals surface area contributed by atoms with Gasteiger partial charge in [-0.15, -0.1) is 0 Å². The Morgan fingerprint density at radius 3 is 2.83 bits per heavy atom. The third-order valence-corrected chi connectivity index (χ3v) is 2.44. The van der Waals surface area contributed by atoms with E-state index in [1.54, 1.807) is 12.1 Å². The van der Waals surface area contributed by atoms with Crippen LogP contribution in [0.5, 0.6) is 0 Å². The van der Waals surface area contributed by atoms with Crippen LogP contribution in [0.4, 0.5) is 15.8 Å². The Bertz CT molecular complexity index is 567. The van der Waals surface area contributed by atoms with Gasteiger partial charge >= 0.3 is 0 Å². The zero-order chi connectivity index (χ0) is 13.1. The van der Waals surface area contributed by atoms with Gasteiger partial charge in [-0.1, -0.05) is 0 Å². The van der Waals surface area contributed by atoms with E-state index < -0.39 is 11.7 Å². The highest BCUT2D eigenvalue weighted by Gasteiger charge is 2.11. The minimum absolute atomic E-state index is 0.0172. The van der Waals surface area contributed by atoms with E-state index in [9.17, 15) is 9.18 Å². The molecule has 1 aromatic heterocycles. The van der Waals surface area contributed by atoms with E-state index >= 15 is 0 Å². The van der Waals surface area contributed by atoms with Crippen molar-refractivity contribution in [3.8, 4) is 0 Å². The molecule has 2 aromatic rings. The van der Waals surface area contributed by atoms with Crippen LogP contribution in [0.2, 0.25) is 0 Å². The molecule has 0 aliphatic rings. The molecule has 0 aliphatic carbocycles. The number of nitrogens with one attached hydrogen (secondary N) is 1. The molecule has 94 valence electrons. The fraction of sp³-hybridized carbons (Fsp3) is 0.0833. The van der Waals surface area contributed by atoms with Crippen molar-refractivity contribution < 1.29 is 13.6 Å². The molecule has 0 spiro atoms. The van der Waals surface area contributed by atoms with E-state index in [-0.39, 0.29) is 16.9 Å². The van der Waals surface area contributed by atoms with Crippen LogP contribution in [0.3, 0.4) is 0 Å². The number of amides is 1. The predicted octanol–water partition coefficient (Wildman–Crippen LogP) is 1.71. The average Bonchev–Trinajstić information content (AvgIpc) is 2.80. The summed E-state index contributed by atoms with van der Waals surface area (Å²) >= 11 is 0. The van der Waals surface area contributed by atoms with E-state index in [1.807, 2.05) is 0 Å². The van der Waals surface area contributed by atoms with Gasteiger partial charge in [-0.25, -0.2) is 4.39 Å². The molecule has 5 nitrogen and oxygen atoms in total. The number of hydrogen-bond donors (Lipinski definition) is 3. The minimum Gasteiger partial charge on any atom is -0.467 e. The van der Waals surface area contributed by atoms with Gasteiger partial charge in [0.1, 0.15) is 11.6 Å². The normalized spacial score (nSPS) is 10.3. The maximum Gasteiger partial charge on any atom is 0.250 e. The number of carbonyl (C=O) groups excluding carboxylic acids is 1. The van der Waals surface area contributed by atoms with Crippen molar-refractivity contribution in [1.82, 2.24) is 0 Å². The number of anilines is 2. The van der Waals surface area contributed by atoms with Crippen LogP contribution in [-0.4, -0.2) is 5.91 Å². The number of halogens is 1. The molecular formula is C12H12FN3O2. The lowest BCUT2D eigenvalue weighted by Crippen LogP contribution is -2.14. The Kier molecular flexibility index (Phi) is 3.18. The summed E-state index contributed by atoms with van der Waals surface area (Å²) in [6.07, 6.45) is 1.52. The standard InChI is InChI=1S/C12H12FN3O2/c13-9-5-10(14)8(12(15)17)4-11(9)16-6-7-2-1-3-18-7/h1-5,16H,6,14H2,(H2,15,17). The van der Waals surface area contributed by atoms with Crippen molar-refractivity contribution in [3.63, 3.8) is 0 Å². The number of nitrogen functional groups attached to an aromatic ring is 1. The third-order valence-electron chi connectivity index (χ3n) is 2.44. The summed E-state index contributed by atoms with van der Waals surface area (Å²) in [6.45, 7) is 0.298. The van der Waals surface area contributed by atoms with Crippen molar-refractivity contribution in [2.75, 3.05) is 11.1 Å². The summed E-state index contributed by atoms with van der Waals surface area (Å²) < 4.78 is 18.7. The van der Waals surface area contributed by atoms with Crippen molar-refractivity contribution in [2.45, 2.75) is 6.54 Å². The molecule has 1 heterocycles. The van der Waals surface area contributed by atoms with Gasteiger partial charge < -0.3 is 21.2 Å². The first-order valence-corrected chi connectivity index (χ1v) is 5.23. The fourth-order valence-electron chi connectivity index (χ4n) is 1.53. The monoisotopic (exact) mass is 249 g/mol. The Hall–Kier alpha value is -2.50. The lowest BCUT2D eigenvalue weighted by Gasteiger charge is -2.09. The highest BCUT2D eigenvalue weighted by molar-refractivity contribution is 5.99. The maximum absolute atomic E-state index is 13.6. The second kappa shape index (κ2) is 4.79. The SMILES string of the molecule is NC(=O)c1cc(NCc2ccco2)c(F)cc1N. The molecule has 1 aromatic carbocycles. The van der Waals surface area contributed by atoms with Crippen LogP contribution >= 0.6 is 0 Å². The van der Waals surface area contributed by atoms with Gasteiger partial charge in [0.25, 0.3) is 5.91 Å². The molecule has 0 aliphatic heterocycles. The van der Waals surface area contributed by atoms with Crippen LogP contribution < -0.4 is 16.8 Å². The molecule has 5 N–H and O–H groups in total. The van der Waals surface area contributed by atoms with Crippen molar-refractivity contribution in [1.29, 1.82) is 0 Å². The molecular weight excluding hydrogens is 237 g/mol. The first-order valence-electron chi connectivity index (χ1n) is 5.23. The summed E-state index contributed by atoms with van der Waals surface area (Å²) in [5.74, 6) is -0.607. The second-order valence-electron chi connectivity index (χ2n) is 3.72. The predicted molar refractivity (Wildman–Crippen MR) is 65.4 cm³/mol. The highest BCUT2D eigenvalue weighted by atomic mass is 19.1. The number of nitrogens with two attached hydrogens (primary N) is 2. The summed E-state index contributed by atoms with van der Waals surface area (Å²) in [4.78, 5) is 11.1. The van der Waals surface area contributed by atoms with Crippen LogP contribution in [0.1, 0.15) is 16.1 Å². The van der Waals surface area contributed by atoms with Gasteiger partial charge in [-0.2, -0.15) is 0 Å². The molecule has 0 atom stereocenters. The Morgan fingerprint density at radius 1 is 1.44 bits per heavy atom. The number of rotatable bonds is 4. The zero-order valence-corrected chi connectivity index (χ0v) is 9.44. The van der Waals surface area contributed by atoms with Gasteiger partial charge in [0.2, 0.25) is 0 Å². The van der Waals surface area contributed by atoms with Crippen LogP contribution in [0.25, 0.3) is 0 Å². The molecule has 18 heavy (non-hydrogen) atoms. The second-order valence-corrected chi connectivity index (χ2v) is 3.72. The number of carbonyl (C=O) groups is 1. The summed E-state index contributed by atoms with van der Waals surface area (Å²) in [6, 6.07) is 5.82. The van der Waals surface area contributed by atoms with E-state index in [4.69, 9.17) is 15.9 Å². The molecule has 0 radical (unpaired) electrons. The molecule has 2 rings (SSSR count). The smallest absolute Gasteiger partial charge is 0.250 e. The van der Waals surface area contributed by atoms with Crippen LogP contribution in [-0.2, 0) is 6.54 Å². The Morgan fingerprint density at radius 2 is 2.22 bits per heavy atom. The summed E-state index contributed by atoms with van der Waals surface area (Å²) in [5.41, 5.74) is 10.9. The molecule has 0 fully saturated rings. The van der Waals surface area contributed by atoms with E-state index in [1.165, 1.54) is 12.3 Å². The number of primary amides is 1. The molecule has 6 heteroatoms. The number of hydrogen-bond acceptors (Lipinski definition) is 4. The largest absolute Gasteiger partial charge is 0.467 e. The van der Waals surface area contributed by atoms with Gasteiger partial charge in [-0.3, -0.25) is 4.79 Å². The molecule has 0 saturated heterocycles. The Balaban J connectivity index is 2.22. The van der Waals surface area contributed by atoms with Gasteiger partial charge in [0, 0.05) is 5.69 Å². The minimum atomic E-state index is -0.700.